The number of aryl methyl sites for hydroxylation is 1. The molecule has 0 radical (unpaired) electrons. The fourth-order valence-electron chi connectivity index (χ4n) is 2.78. The van der Waals surface area contributed by atoms with Gasteiger partial charge in [0.25, 0.3) is 5.91 Å². The molecule has 2 aromatic rings. The third kappa shape index (κ3) is 4.06. The van der Waals surface area contributed by atoms with Crippen LogP contribution in [0.4, 0.5) is 5.95 Å². The standard InChI is InChI=1S/C18H22N4OS/c1-13-11-15(21-18(20-13)22-9-3-4-10-22)12-19-17(23)14-5-7-16(24-2)8-6-14/h5-8,11H,3-4,9-10,12H2,1-2H3,(H,19,23). The van der Waals surface area contributed by atoms with Crippen LogP contribution in [0.5, 0.6) is 0 Å². The van der Waals surface area contributed by atoms with Crippen molar-refractivity contribution in [3.63, 3.8) is 0 Å². The van der Waals surface area contributed by atoms with Gasteiger partial charge in [0.15, 0.2) is 0 Å². The second-order valence-electron chi connectivity index (χ2n) is 5.91. The molecule has 0 aliphatic carbocycles. The number of anilines is 1. The Balaban J connectivity index is 1.65. The molecule has 3 rings (SSSR count). The van der Waals surface area contributed by atoms with Gasteiger partial charge in [-0.15, -0.1) is 11.8 Å². The van der Waals surface area contributed by atoms with E-state index in [1.807, 2.05) is 43.5 Å². The molecule has 0 saturated carbocycles. The summed E-state index contributed by atoms with van der Waals surface area (Å²) in [5.74, 6) is 0.697. The highest BCUT2D eigenvalue weighted by atomic mass is 32.2. The van der Waals surface area contributed by atoms with E-state index in [4.69, 9.17) is 0 Å². The molecule has 0 bridgehead atoms. The lowest BCUT2D eigenvalue weighted by Crippen LogP contribution is -2.25. The third-order valence-corrected chi connectivity index (χ3v) is 4.81. The molecule has 1 aromatic carbocycles. The van der Waals surface area contributed by atoms with Crippen molar-refractivity contribution in [1.29, 1.82) is 0 Å². The van der Waals surface area contributed by atoms with Gasteiger partial charge in [-0.05, 0) is 56.4 Å². The van der Waals surface area contributed by atoms with E-state index in [0.29, 0.717) is 12.1 Å². The van der Waals surface area contributed by atoms with Crippen molar-refractivity contribution >= 4 is 23.6 Å². The Kier molecular flexibility index (Phi) is 5.35. The fraction of sp³-hybridized carbons (Fsp3) is 0.389. The number of nitrogens with one attached hydrogen (secondary N) is 1. The first-order chi connectivity index (χ1) is 11.7. The van der Waals surface area contributed by atoms with Gasteiger partial charge in [-0.1, -0.05) is 0 Å². The minimum atomic E-state index is -0.0818. The fourth-order valence-corrected chi connectivity index (χ4v) is 3.19. The average molecular weight is 342 g/mol. The lowest BCUT2D eigenvalue weighted by molar-refractivity contribution is 0.0950. The van der Waals surface area contributed by atoms with Gasteiger partial charge in [0.2, 0.25) is 5.95 Å². The van der Waals surface area contributed by atoms with E-state index >= 15 is 0 Å². The van der Waals surface area contributed by atoms with Gasteiger partial charge in [-0.25, -0.2) is 9.97 Å². The first-order valence-electron chi connectivity index (χ1n) is 8.17. The van der Waals surface area contributed by atoms with Gasteiger partial charge < -0.3 is 10.2 Å². The number of hydrogen-bond acceptors (Lipinski definition) is 5. The Bertz CT molecular complexity index is 711. The maximum absolute atomic E-state index is 12.3. The van der Waals surface area contributed by atoms with Gasteiger partial charge >= 0.3 is 0 Å². The number of aromatic nitrogens is 2. The Hall–Kier alpha value is -2.08. The number of thioether (sulfide) groups is 1. The van der Waals surface area contributed by atoms with Crippen LogP contribution in [0.15, 0.2) is 35.2 Å². The Morgan fingerprint density at radius 1 is 1.21 bits per heavy atom. The third-order valence-electron chi connectivity index (χ3n) is 4.07. The molecule has 0 spiro atoms. The molecule has 1 aliphatic rings. The summed E-state index contributed by atoms with van der Waals surface area (Å²) in [6.45, 7) is 4.40. The van der Waals surface area contributed by atoms with Gasteiger partial charge in [-0.3, -0.25) is 4.79 Å². The Morgan fingerprint density at radius 3 is 2.58 bits per heavy atom. The molecule has 1 aliphatic heterocycles. The second-order valence-corrected chi connectivity index (χ2v) is 6.79. The number of nitrogens with zero attached hydrogens (tertiary/aromatic N) is 3. The summed E-state index contributed by atoms with van der Waals surface area (Å²) in [5.41, 5.74) is 2.44. The van der Waals surface area contributed by atoms with Crippen LogP contribution in [0.2, 0.25) is 0 Å². The first kappa shape index (κ1) is 16.8. The van der Waals surface area contributed by atoms with Crippen molar-refractivity contribution in [1.82, 2.24) is 15.3 Å². The highest BCUT2D eigenvalue weighted by Gasteiger charge is 2.16. The van der Waals surface area contributed by atoms with E-state index in [0.717, 1.165) is 35.3 Å². The largest absolute Gasteiger partial charge is 0.346 e. The molecule has 5 nitrogen and oxygen atoms in total. The molecule has 1 amide bonds. The van der Waals surface area contributed by atoms with Crippen molar-refractivity contribution in [2.24, 2.45) is 0 Å². The molecule has 1 aromatic heterocycles. The highest BCUT2D eigenvalue weighted by Crippen LogP contribution is 2.17. The monoisotopic (exact) mass is 342 g/mol. The maximum Gasteiger partial charge on any atom is 0.251 e. The van der Waals surface area contributed by atoms with E-state index in [2.05, 4.69) is 20.2 Å². The van der Waals surface area contributed by atoms with E-state index in [9.17, 15) is 4.79 Å². The minimum Gasteiger partial charge on any atom is -0.346 e. The second kappa shape index (κ2) is 7.66. The number of benzene rings is 1. The summed E-state index contributed by atoms with van der Waals surface area (Å²) in [6, 6.07) is 9.54. The SMILES string of the molecule is CSc1ccc(C(=O)NCc2cc(C)nc(N3CCCC3)n2)cc1. The molecular weight excluding hydrogens is 320 g/mol. The molecule has 1 fully saturated rings. The van der Waals surface area contributed by atoms with Gasteiger partial charge in [0.1, 0.15) is 0 Å². The quantitative estimate of drug-likeness (QED) is 0.847. The minimum absolute atomic E-state index is 0.0818. The molecule has 1 N–H and O–H groups in total. The van der Waals surface area contributed by atoms with Crippen LogP contribution < -0.4 is 10.2 Å². The van der Waals surface area contributed by atoms with E-state index < -0.39 is 0 Å². The Morgan fingerprint density at radius 2 is 1.92 bits per heavy atom. The van der Waals surface area contributed by atoms with Crippen LogP contribution in [-0.2, 0) is 6.54 Å². The molecule has 126 valence electrons. The van der Waals surface area contributed by atoms with Crippen molar-refractivity contribution < 1.29 is 4.79 Å². The summed E-state index contributed by atoms with van der Waals surface area (Å²) in [6.07, 6.45) is 4.40. The van der Waals surface area contributed by atoms with Gasteiger partial charge in [0, 0.05) is 29.2 Å². The molecular formula is C18H22N4OS. The predicted octanol–water partition coefficient (Wildman–Crippen LogP) is 3.04. The summed E-state index contributed by atoms with van der Waals surface area (Å²) >= 11 is 1.66. The van der Waals surface area contributed by atoms with Crippen LogP contribution in [0, 0.1) is 6.92 Å². The van der Waals surface area contributed by atoms with Crippen LogP contribution >= 0.6 is 11.8 Å². The molecule has 0 unspecified atom stereocenters. The number of rotatable bonds is 5. The topological polar surface area (TPSA) is 58.1 Å². The van der Waals surface area contributed by atoms with Crippen LogP contribution in [0.25, 0.3) is 0 Å². The van der Waals surface area contributed by atoms with E-state index in [1.165, 1.54) is 12.8 Å². The van der Waals surface area contributed by atoms with Crippen molar-refractivity contribution in [2.75, 3.05) is 24.2 Å². The Labute approximate surface area is 146 Å². The molecule has 6 heteroatoms. The number of carbonyl (C=O) groups excluding carboxylic acids is 1. The maximum atomic E-state index is 12.3. The number of carbonyl (C=O) groups is 1. The van der Waals surface area contributed by atoms with Crippen molar-refractivity contribution in [3.8, 4) is 0 Å². The van der Waals surface area contributed by atoms with Crippen LogP contribution in [-0.4, -0.2) is 35.2 Å². The number of hydrogen-bond donors (Lipinski definition) is 1. The van der Waals surface area contributed by atoms with E-state index in [-0.39, 0.29) is 5.91 Å². The van der Waals surface area contributed by atoms with Crippen molar-refractivity contribution in [2.45, 2.75) is 31.2 Å². The summed E-state index contributed by atoms with van der Waals surface area (Å²) < 4.78 is 0. The zero-order chi connectivity index (χ0) is 16.9. The lowest BCUT2D eigenvalue weighted by atomic mass is 10.2. The van der Waals surface area contributed by atoms with Crippen LogP contribution in [0.1, 0.15) is 34.6 Å². The number of amides is 1. The average Bonchev–Trinajstić information content (AvgIpc) is 3.14. The normalized spacial score (nSPS) is 14.0. The summed E-state index contributed by atoms with van der Waals surface area (Å²) in [4.78, 5) is 24.8. The first-order valence-corrected chi connectivity index (χ1v) is 9.40. The van der Waals surface area contributed by atoms with Crippen LogP contribution in [0.3, 0.4) is 0 Å². The predicted molar refractivity (Wildman–Crippen MR) is 97.6 cm³/mol. The van der Waals surface area contributed by atoms with E-state index in [1.54, 1.807) is 11.8 Å². The zero-order valence-corrected chi connectivity index (χ0v) is 14.9. The molecule has 2 heterocycles. The van der Waals surface area contributed by atoms with Crippen molar-refractivity contribution in [3.05, 3.63) is 47.3 Å². The summed E-state index contributed by atoms with van der Waals surface area (Å²) in [7, 11) is 0. The molecule has 1 saturated heterocycles. The summed E-state index contributed by atoms with van der Waals surface area (Å²) in [5, 5.41) is 2.94. The zero-order valence-electron chi connectivity index (χ0n) is 14.1. The highest BCUT2D eigenvalue weighted by molar-refractivity contribution is 7.98. The molecule has 0 atom stereocenters. The van der Waals surface area contributed by atoms with Gasteiger partial charge in [-0.2, -0.15) is 0 Å². The van der Waals surface area contributed by atoms with Gasteiger partial charge in [0.05, 0.1) is 12.2 Å². The smallest absolute Gasteiger partial charge is 0.251 e. The lowest BCUT2D eigenvalue weighted by Gasteiger charge is -2.16. The molecule has 24 heavy (non-hydrogen) atoms.